The molecule has 5 nitrogen and oxygen atoms in total. The number of aromatic amines is 1. The molecule has 1 atom stereocenters. The number of aromatic nitrogens is 2. The van der Waals surface area contributed by atoms with Crippen molar-refractivity contribution in [1.29, 1.82) is 0 Å². The van der Waals surface area contributed by atoms with Gasteiger partial charge >= 0.3 is 0 Å². The molecule has 25 heavy (non-hydrogen) atoms. The van der Waals surface area contributed by atoms with E-state index >= 15 is 0 Å². The van der Waals surface area contributed by atoms with Crippen LogP contribution in [0, 0.1) is 4.84 Å². The Morgan fingerprint density at radius 3 is 2.40 bits per heavy atom. The highest BCUT2D eigenvalue weighted by Gasteiger charge is 2.24. The van der Waals surface area contributed by atoms with E-state index in [9.17, 15) is 8.42 Å². The van der Waals surface area contributed by atoms with E-state index in [0.29, 0.717) is 17.3 Å². The Morgan fingerprint density at radius 2 is 1.80 bits per heavy atom. The highest BCUT2D eigenvalue weighted by molar-refractivity contribution is 7.91. The van der Waals surface area contributed by atoms with Crippen LogP contribution in [-0.2, 0) is 16.3 Å². The van der Waals surface area contributed by atoms with Gasteiger partial charge in [0.05, 0.1) is 10.6 Å². The molecule has 0 aliphatic rings. The molecule has 0 fully saturated rings. The maximum atomic E-state index is 12.8. The summed E-state index contributed by atoms with van der Waals surface area (Å²) in [5.41, 5.74) is 0.893. The molecule has 0 amide bonds. The fraction of sp³-hybridized carbons (Fsp3) is 0.176. The first-order chi connectivity index (χ1) is 11.9. The SMILES string of the molecule is O=S(=O)(CC(Cc1n[nH]c(=S)o1)c1ccccc1)c1ccc(Cl)cc1. The molecule has 130 valence electrons. The second-order valence-electron chi connectivity index (χ2n) is 5.55. The summed E-state index contributed by atoms with van der Waals surface area (Å²) in [4.78, 5) is 0.406. The molecular formula is C17H15ClN2O3S2. The lowest BCUT2D eigenvalue weighted by Gasteiger charge is -2.16. The average molecular weight is 395 g/mol. The fourth-order valence-electron chi connectivity index (χ4n) is 2.56. The van der Waals surface area contributed by atoms with Gasteiger partial charge in [-0.1, -0.05) is 41.9 Å². The molecule has 1 unspecified atom stereocenters. The highest BCUT2D eigenvalue weighted by atomic mass is 35.5. The predicted octanol–water partition coefficient (Wildman–Crippen LogP) is 4.19. The second kappa shape index (κ2) is 7.51. The third-order valence-corrected chi connectivity index (χ3v) is 6.03. The van der Waals surface area contributed by atoms with Gasteiger partial charge in [0.15, 0.2) is 9.84 Å². The molecule has 8 heteroatoms. The van der Waals surface area contributed by atoms with Gasteiger partial charge in [-0.15, -0.1) is 5.10 Å². The summed E-state index contributed by atoms with van der Waals surface area (Å²) < 4.78 is 30.9. The molecule has 1 heterocycles. The minimum Gasteiger partial charge on any atom is -0.414 e. The van der Waals surface area contributed by atoms with Crippen molar-refractivity contribution < 1.29 is 12.8 Å². The van der Waals surface area contributed by atoms with Crippen LogP contribution in [0.15, 0.2) is 63.9 Å². The Morgan fingerprint density at radius 1 is 1.12 bits per heavy atom. The summed E-state index contributed by atoms with van der Waals surface area (Å²) in [6.07, 6.45) is 0.323. The van der Waals surface area contributed by atoms with Gasteiger partial charge in [0.1, 0.15) is 0 Å². The number of hydrogen-bond acceptors (Lipinski definition) is 5. The van der Waals surface area contributed by atoms with Crippen molar-refractivity contribution in [2.75, 3.05) is 5.75 Å². The van der Waals surface area contributed by atoms with Gasteiger partial charge in [-0.25, -0.2) is 13.5 Å². The molecule has 1 aromatic heterocycles. The van der Waals surface area contributed by atoms with Crippen molar-refractivity contribution in [3.63, 3.8) is 0 Å². The summed E-state index contributed by atoms with van der Waals surface area (Å²) in [6.45, 7) is 0. The van der Waals surface area contributed by atoms with Crippen molar-refractivity contribution in [2.45, 2.75) is 17.2 Å². The van der Waals surface area contributed by atoms with Crippen LogP contribution in [0.1, 0.15) is 17.4 Å². The number of H-pyrrole nitrogens is 1. The van der Waals surface area contributed by atoms with Crippen molar-refractivity contribution in [3.8, 4) is 0 Å². The lowest BCUT2D eigenvalue weighted by molar-refractivity contribution is 0.465. The molecule has 0 saturated carbocycles. The molecule has 0 saturated heterocycles. The van der Waals surface area contributed by atoms with Gasteiger partial charge in [-0.05, 0) is 42.0 Å². The number of benzene rings is 2. The van der Waals surface area contributed by atoms with Crippen LogP contribution < -0.4 is 0 Å². The van der Waals surface area contributed by atoms with Gasteiger partial charge in [0.25, 0.3) is 4.84 Å². The molecule has 0 aliphatic heterocycles. The van der Waals surface area contributed by atoms with E-state index in [1.165, 1.54) is 12.1 Å². The standard InChI is InChI=1S/C17H15ClN2O3S2/c18-14-6-8-15(9-7-14)25(21,22)11-13(12-4-2-1-3-5-12)10-16-19-20-17(24)23-16/h1-9,13H,10-11H2,(H,20,24). The van der Waals surface area contributed by atoms with E-state index in [-0.39, 0.29) is 21.4 Å². The predicted molar refractivity (Wildman–Crippen MR) is 98.1 cm³/mol. The van der Waals surface area contributed by atoms with E-state index in [1.54, 1.807) is 12.1 Å². The normalized spacial score (nSPS) is 12.8. The molecule has 0 bridgehead atoms. The van der Waals surface area contributed by atoms with Gasteiger partial charge < -0.3 is 4.42 Å². The summed E-state index contributed by atoms with van der Waals surface area (Å²) >= 11 is 10.7. The minimum absolute atomic E-state index is 0.0756. The maximum Gasteiger partial charge on any atom is 0.284 e. The van der Waals surface area contributed by atoms with Gasteiger partial charge in [-0.3, -0.25) is 0 Å². The monoisotopic (exact) mass is 394 g/mol. The average Bonchev–Trinajstić information content (AvgIpc) is 3.00. The summed E-state index contributed by atoms with van der Waals surface area (Å²) in [5, 5.41) is 7.04. The Hall–Kier alpha value is -1.96. The van der Waals surface area contributed by atoms with Crippen LogP contribution in [0.2, 0.25) is 5.02 Å². The molecule has 1 N–H and O–H groups in total. The lowest BCUT2D eigenvalue weighted by atomic mass is 9.98. The molecule has 3 rings (SSSR count). The third-order valence-electron chi connectivity index (χ3n) is 3.77. The first-order valence-corrected chi connectivity index (χ1v) is 9.95. The quantitative estimate of drug-likeness (QED) is 0.634. The van der Waals surface area contributed by atoms with Crippen molar-refractivity contribution in [3.05, 3.63) is 75.9 Å². The van der Waals surface area contributed by atoms with Crippen LogP contribution in [0.5, 0.6) is 0 Å². The van der Waals surface area contributed by atoms with Crippen LogP contribution in [0.4, 0.5) is 0 Å². The zero-order valence-electron chi connectivity index (χ0n) is 13.1. The molecular weight excluding hydrogens is 380 g/mol. The van der Waals surface area contributed by atoms with Gasteiger partial charge in [-0.2, -0.15) is 0 Å². The molecule has 2 aromatic carbocycles. The minimum atomic E-state index is -3.50. The van der Waals surface area contributed by atoms with Crippen LogP contribution in [0.3, 0.4) is 0 Å². The smallest absolute Gasteiger partial charge is 0.284 e. The number of rotatable bonds is 6. The lowest BCUT2D eigenvalue weighted by Crippen LogP contribution is -2.17. The number of sulfone groups is 1. The zero-order chi connectivity index (χ0) is 17.9. The van der Waals surface area contributed by atoms with Crippen LogP contribution in [0.25, 0.3) is 0 Å². The summed E-state index contributed by atoms with van der Waals surface area (Å²) in [5.74, 6) is -0.0122. The van der Waals surface area contributed by atoms with E-state index < -0.39 is 9.84 Å². The van der Waals surface area contributed by atoms with E-state index in [2.05, 4.69) is 10.2 Å². The van der Waals surface area contributed by atoms with E-state index in [1.807, 2.05) is 30.3 Å². The third kappa shape index (κ3) is 4.56. The Labute approximate surface area is 155 Å². The largest absolute Gasteiger partial charge is 0.414 e. The zero-order valence-corrected chi connectivity index (χ0v) is 15.4. The Bertz CT molecular complexity index is 996. The summed E-state index contributed by atoms with van der Waals surface area (Å²) in [6, 6.07) is 15.6. The van der Waals surface area contributed by atoms with Crippen molar-refractivity contribution >= 4 is 33.7 Å². The van der Waals surface area contributed by atoms with Crippen LogP contribution >= 0.6 is 23.8 Å². The second-order valence-corrected chi connectivity index (χ2v) is 8.40. The van der Waals surface area contributed by atoms with Gasteiger partial charge in [0, 0.05) is 17.4 Å². The van der Waals surface area contributed by atoms with E-state index in [0.717, 1.165) is 5.56 Å². The highest BCUT2D eigenvalue weighted by Crippen LogP contribution is 2.26. The Kier molecular flexibility index (Phi) is 5.36. The first-order valence-electron chi connectivity index (χ1n) is 7.52. The topological polar surface area (TPSA) is 76.0 Å². The van der Waals surface area contributed by atoms with Gasteiger partial charge in [0.2, 0.25) is 5.89 Å². The Balaban J connectivity index is 1.91. The number of halogens is 1. The number of nitrogens with one attached hydrogen (secondary N) is 1. The van der Waals surface area contributed by atoms with E-state index in [4.69, 9.17) is 28.2 Å². The number of hydrogen-bond donors (Lipinski definition) is 1. The molecule has 0 spiro atoms. The number of nitrogens with zero attached hydrogens (tertiary/aromatic N) is 1. The fourth-order valence-corrected chi connectivity index (χ4v) is 4.41. The molecule has 0 aliphatic carbocycles. The van der Waals surface area contributed by atoms with Crippen molar-refractivity contribution in [2.24, 2.45) is 0 Å². The maximum absolute atomic E-state index is 12.8. The van der Waals surface area contributed by atoms with Crippen molar-refractivity contribution in [1.82, 2.24) is 10.2 Å². The van der Waals surface area contributed by atoms with Crippen LogP contribution in [-0.4, -0.2) is 24.4 Å². The molecule has 0 radical (unpaired) electrons. The summed E-state index contributed by atoms with van der Waals surface area (Å²) in [7, 11) is -3.50. The first kappa shape index (κ1) is 17.8. The molecule has 3 aromatic rings.